The van der Waals surface area contributed by atoms with Gasteiger partial charge in [-0.05, 0) is 24.6 Å². The van der Waals surface area contributed by atoms with E-state index >= 15 is 0 Å². The van der Waals surface area contributed by atoms with Crippen molar-refractivity contribution in [2.24, 2.45) is 0 Å². The van der Waals surface area contributed by atoms with Gasteiger partial charge in [0.1, 0.15) is 0 Å². The molecule has 0 bridgehead atoms. The van der Waals surface area contributed by atoms with Crippen molar-refractivity contribution in [3.05, 3.63) is 52.1 Å². The monoisotopic (exact) mass is 336 g/mol. The third-order valence-electron chi connectivity index (χ3n) is 4.58. The Hall–Kier alpha value is -2.65. The highest BCUT2D eigenvalue weighted by Crippen LogP contribution is 2.38. The van der Waals surface area contributed by atoms with Gasteiger partial charge in [-0.1, -0.05) is 0 Å². The maximum atomic E-state index is 12.5. The standard InChI is InChI=1S/C18H16N4OS/c1-10-2-17-13(3-11(10)4-19)15(7-22(17)12-8-24-9-12)14-5-21-6-16(20)18(14)23/h2-3,5-7,12H,8-9,20H2,1H3,(H,21,23). The number of pyridine rings is 1. The number of H-pyrrole nitrogens is 1. The number of benzene rings is 1. The lowest BCUT2D eigenvalue weighted by Gasteiger charge is -2.27. The van der Waals surface area contributed by atoms with Gasteiger partial charge in [-0.15, -0.1) is 0 Å². The molecule has 1 aromatic carbocycles. The minimum absolute atomic E-state index is 0.185. The van der Waals surface area contributed by atoms with Crippen molar-refractivity contribution in [3.63, 3.8) is 0 Å². The lowest BCUT2D eigenvalue weighted by atomic mass is 10.0. The number of nitrogens with two attached hydrogens (primary N) is 1. The molecule has 0 radical (unpaired) electrons. The normalized spacial score (nSPS) is 14.5. The molecule has 0 unspecified atom stereocenters. The molecule has 1 aliphatic rings. The second-order valence-corrected chi connectivity index (χ2v) is 7.17. The van der Waals surface area contributed by atoms with Gasteiger partial charge in [-0.25, -0.2) is 0 Å². The van der Waals surface area contributed by atoms with Gasteiger partial charge in [0, 0.05) is 52.1 Å². The van der Waals surface area contributed by atoms with E-state index in [2.05, 4.69) is 15.6 Å². The van der Waals surface area contributed by atoms with Gasteiger partial charge in [0.15, 0.2) is 0 Å². The molecule has 1 fully saturated rings. The molecule has 120 valence electrons. The van der Waals surface area contributed by atoms with Gasteiger partial charge >= 0.3 is 0 Å². The molecule has 0 saturated carbocycles. The third kappa shape index (κ3) is 2.13. The second-order valence-electron chi connectivity index (χ2n) is 6.09. The van der Waals surface area contributed by atoms with Crippen LogP contribution in [0.3, 0.4) is 0 Å². The molecule has 2 aromatic heterocycles. The Kier molecular flexibility index (Phi) is 3.39. The minimum Gasteiger partial charge on any atom is -0.394 e. The molecule has 0 spiro atoms. The van der Waals surface area contributed by atoms with Crippen molar-refractivity contribution in [2.45, 2.75) is 13.0 Å². The van der Waals surface area contributed by atoms with Crippen LogP contribution < -0.4 is 11.2 Å². The van der Waals surface area contributed by atoms with E-state index in [4.69, 9.17) is 5.73 Å². The molecule has 3 aromatic rings. The van der Waals surface area contributed by atoms with Crippen LogP contribution in [0.1, 0.15) is 17.2 Å². The number of fused-ring (bicyclic) bond motifs is 1. The molecule has 1 saturated heterocycles. The smallest absolute Gasteiger partial charge is 0.212 e. The summed E-state index contributed by atoms with van der Waals surface area (Å²) >= 11 is 1.91. The van der Waals surface area contributed by atoms with E-state index in [1.165, 1.54) is 6.20 Å². The van der Waals surface area contributed by atoms with Crippen LogP contribution in [0.25, 0.3) is 22.0 Å². The number of aryl methyl sites for hydroxylation is 1. The van der Waals surface area contributed by atoms with E-state index < -0.39 is 0 Å². The van der Waals surface area contributed by atoms with Crippen molar-refractivity contribution < 1.29 is 0 Å². The number of rotatable bonds is 2. The zero-order valence-electron chi connectivity index (χ0n) is 13.2. The lowest BCUT2D eigenvalue weighted by Crippen LogP contribution is -2.21. The number of anilines is 1. The average molecular weight is 336 g/mol. The fourth-order valence-electron chi connectivity index (χ4n) is 3.12. The van der Waals surface area contributed by atoms with E-state index in [0.717, 1.165) is 33.5 Å². The van der Waals surface area contributed by atoms with Crippen LogP contribution in [0.5, 0.6) is 0 Å². The Morgan fingerprint density at radius 1 is 1.33 bits per heavy atom. The minimum atomic E-state index is -0.185. The Balaban J connectivity index is 2.06. The van der Waals surface area contributed by atoms with Crippen LogP contribution >= 0.6 is 11.8 Å². The lowest BCUT2D eigenvalue weighted by molar-refractivity contribution is 0.615. The van der Waals surface area contributed by atoms with E-state index in [-0.39, 0.29) is 11.1 Å². The molecule has 5 nitrogen and oxygen atoms in total. The van der Waals surface area contributed by atoms with Crippen LogP contribution in [0.4, 0.5) is 5.69 Å². The van der Waals surface area contributed by atoms with Crippen LogP contribution in [-0.2, 0) is 0 Å². The molecule has 1 aliphatic heterocycles. The summed E-state index contributed by atoms with van der Waals surface area (Å²) in [6, 6.07) is 6.59. The van der Waals surface area contributed by atoms with Crippen LogP contribution in [0.15, 0.2) is 35.5 Å². The van der Waals surface area contributed by atoms with E-state index in [0.29, 0.717) is 17.2 Å². The second kappa shape index (κ2) is 5.46. The fraction of sp³-hybridized carbons (Fsp3) is 0.222. The van der Waals surface area contributed by atoms with Crippen molar-refractivity contribution in [1.82, 2.24) is 9.55 Å². The number of aromatic nitrogens is 2. The molecule has 0 atom stereocenters. The summed E-state index contributed by atoms with van der Waals surface area (Å²) in [5.74, 6) is 2.13. The number of nitrogens with zero attached hydrogens (tertiary/aromatic N) is 2. The van der Waals surface area contributed by atoms with Gasteiger partial charge in [-0.3, -0.25) is 4.79 Å². The highest BCUT2D eigenvalue weighted by atomic mass is 32.2. The molecular weight excluding hydrogens is 320 g/mol. The molecule has 3 N–H and O–H groups in total. The molecule has 0 aliphatic carbocycles. The average Bonchev–Trinajstić information content (AvgIpc) is 2.86. The number of aromatic amines is 1. The SMILES string of the molecule is Cc1cc2c(cc1C#N)c(-c1c[nH]cc(N)c1=O)cn2C1CSC1. The molecule has 3 heterocycles. The topological polar surface area (TPSA) is 87.6 Å². The van der Waals surface area contributed by atoms with Crippen molar-refractivity contribution in [2.75, 3.05) is 17.2 Å². The van der Waals surface area contributed by atoms with Crippen LogP contribution in [-0.4, -0.2) is 21.1 Å². The quantitative estimate of drug-likeness (QED) is 0.753. The molecule has 6 heteroatoms. The highest BCUT2D eigenvalue weighted by molar-refractivity contribution is 8.00. The van der Waals surface area contributed by atoms with Crippen molar-refractivity contribution in [1.29, 1.82) is 5.26 Å². The summed E-state index contributed by atoms with van der Waals surface area (Å²) in [4.78, 5) is 15.4. The molecule has 24 heavy (non-hydrogen) atoms. The Labute approximate surface area is 143 Å². The van der Waals surface area contributed by atoms with Crippen LogP contribution in [0.2, 0.25) is 0 Å². The molecule has 0 amide bonds. The number of nitriles is 1. The van der Waals surface area contributed by atoms with Crippen molar-refractivity contribution in [3.8, 4) is 17.2 Å². The van der Waals surface area contributed by atoms with Gasteiger partial charge in [0.05, 0.1) is 23.4 Å². The van der Waals surface area contributed by atoms with E-state index in [1.807, 2.05) is 37.0 Å². The maximum Gasteiger partial charge on any atom is 0.212 e. The number of hydrogen-bond donors (Lipinski definition) is 2. The van der Waals surface area contributed by atoms with Gasteiger partial charge in [0.2, 0.25) is 5.43 Å². The van der Waals surface area contributed by atoms with E-state index in [1.54, 1.807) is 6.20 Å². The maximum absolute atomic E-state index is 12.5. The molecular formula is C18H16N4OS. The summed E-state index contributed by atoms with van der Waals surface area (Å²) in [7, 11) is 0. The van der Waals surface area contributed by atoms with Gasteiger partial charge < -0.3 is 15.3 Å². The predicted octanol–water partition coefficient (Wildman–Crippen LogP) is 3.05. The van der Waals surface area contributed by atoms with Gasteiger partial charge in [0.25, 0.3) is 0 Å². The van der Waals surface area contributed by atoms with Crippen LogP contribution in [0, 0.1) is 18.3 Å². The summed E-state index contributed by atoms with van der Waals surface area (Å²) < 4.78 is 2.23. The number of hydrogen-bond acceptors (Lipinski definition) is 4. The Morgan fingerprint density at radius 3 is 2.79 bits per heavy atom. The highest BCUT2D eigenvalue weighted by Gasteiger charge is 2.24. The van der Waals surface area contributed by atoms with Gasteiger partial charge in [-0.2, -0.15) is 17.0 Å². The third-order valence-corrected chi connectivity index (χ3v) is 5.82. The fourth-order valence-corrected chi connectivity index (χ4v) is 3.89. The predicted molar refractivity (Wildman–Crippen MR) is 98.2 cm³/mol. The summed E-state index contributed by atoms with van der Waals surface area (Å²) in [5.41, 5.74) is 9.80. The zero-order valence-corrected chi connectivity index (χ0v) is 14.0. The molecule has 4 rings (SSSR count). The number of nitrogen functional groups attached to an aromatic ring is 1. The Morgan fingerprint density at radius 2 is 2.12 bits per heavy atom. The number of nitrogens with one attached hydrogen (secondary N) is 1. The zero-order chi connectivity index (χ0) is 16.8. The van der Waals surface area contributed by atoms with E-state index in [9.17, 15) is 10.1 Å². The largest absolute Gasteiger partial charge is 0.394 e. The summed E-state index contributed by atoms with van der Waals surface area (Å²) in [6.45, 7) is 1.94. The number of thioether (sulfide) groups is 1. The summed E-state index contributed by atoms with van der Waals surface area (Å²) in [5, 5.41) is 10.3. The first-order valence-corrected chi connectivity index (χ1v) is 8.85. The first-order valence-electron chi connectivity index (χ1n) is 7.70. The first-order chi connectivity index (χ1) is 11.6. The first kappa shape index (κ1) is 14.9. The Bertz CT molecular complexity index is 1050. The van der Waals surface area contributed by atoms with Crippen molar-refractivity contribution >= 4 is 28.4 Å². The summed E-state index contributed by atoms with van der Waals surface area (Å²) in [6.07, 6.45) is 5.21.